The van der Waals surface area contributed by atoms with Gasteiger partial charge in [-0.1, -0.05) is 0 Å². The van der Waals surface area contributed by atoms with Crippen LogP contribution in [0.1, 0.15) is 18.4 Å². The Morgan fingerprint density at radius 2 is 2.20 bits per heavy atom. The van der Waals surface area contributed by atoms with Gasteiger partial charge in [-0.2, -0.15) is 13.2 Å². The van der Waals surface area contributed by atoms with Crippen LogP contribution in [-0.2, 0) is 10.9 Å². The third-order valence-electron chi connectivity index (χ3n) is 3.08. The van der Waals surface area contributed by atoms with Gasteiger partial charge in [0.2, 0.25) is 0 Å². The highest BCUT2D eigenvalue weighted by Crippen LogP contribution is 2.31. The fourth-order valence-electron chi connectivity index (χ4n) is 2.19. The van der Waals surface area contributed by atoms with Crippen LogP contribution in [0.4, 0.5) is 23.7 Å². The van der Waals surface area contributed by atoms with Gasteiger partial charge < -0.3 is 15.4 Å². The van der Waals surface area contributed by atoms with Crippen LogP contribution in [0.15, 0.2) is 18.5 Å². The Morgan fingerprint density at radius 3 is 2.85 bits per heavy atom. The topological polar surface area (TPSA) is 68.5 Å². The number of nitrogens with two attached hydrogens (primary N) is 1. The monoisotopic (exact) mass is 289 g/mol. The number of ether oxygens (including phenoxy) is 1. The maximum atomic E-state index is 12.6. The van der Waals surface area contributed by atoms with Gasteiger partial charge in [0.15, 0.2) is 0 Å². The van der Waals surface area contributed by atoms with Crippen molar-refractivity contribution < 1.29 is 22.7 Å². The first-order chi connectivity index (χ1) is 9.36. The largest absolute Gasteiger partial charge is 0.445 e. The molecule has 0 bridgehead atoms. The number of hydrogen-bond acceptors (Lipinski definition) is 4. The molecule has 1 aromatic heterocycles. The average molecular weight is 289 g/mol. The molecule has 1 aliphatic heterocycles. The second-order valence-electron chi connectivity index (χ2n) is 4.58. The third kappa shape index (κ3) is 3.52. The van der Waals surface area contributed by atoms with Gasteiger partial charge in [0.25, 0.3) is 0 Å². The SMILES string of the molecule is NC(=O)OC1CCCN(c2cncc(C(F)(F)F)c2)C1. The van der Waals surface area contributed by atoms with Crippen molar-refractivity contribution in [2.24, 2.45) is 5.73 Å². The Balaban J connectivity index is 2.13. The average Bonchev–Trinajstić information content (AvgIpc) is 2.37. The molecule has 2 heterocycles. The Bertz CT molecular complexity index is 493. The minimum atomic E-state index is -4.43. The van der Waals surface area contributed by atoms with Crippen LogP contribution in [-0.4, -0.2) is 30.3 Å². The summed E-state index contributed by atoms with van der Waals surface area (Å²) < 4.78 is 42.8. The Hall–Kier alpha value is -1.99. The molecule has 2 rings (SSSR count). The predicted octanol–water partition coefficient (Wildman–Crippen LogP) is 2.16. The number of halogens is 3. The molecule has 1 amide bonds. The summed E-state index contributed by atoms with van der Waals surface area (Å²) in [6.45, 7) is 0.896. The lowest BCUT2D eigenvalue weighted by atomic mass is 10.1. The normalized spacial score (nSPS) is 19.8. The minimum Gasteiger partial charge on any atom is -0.445 e. The first-order valence-electron chi connectivity index (χ1n) is 6.09. The molecule has 0 aliphatic carbocycles. The number of nitrogens with zero attached hydrogens (tertiary/aromatic N) is 2. The summed E-state index contributed by atoms with van der Waals surface area (Å²) in [5, 5.41) is 0. The number of carbonyl (C=O) groups is 1. The summed E-state index contributed by atoms with van der Waals surface area (Å²) in [4.78, 5) is 16.0. The van der Waals surface area contributed by atoms with E-state index >= 15 is 0 Å². The standard InChI is InChI=1S/C12H14F3N3O2/c13-12(14,15)8-4-9(6-17-5-8)18-3-1-2-10(7-18)20-11(16)19/h4-6,10H,1-3,7H2,(H2,16,19). The Labute approximate surface area is 113 Å². The number of piperidine rings is 1. The highest BCUT2D eigenvalue weighted by molar-refractivity contribution is 5.65. The molecule has 1 atom stereocenters. The highest BCUT2D eigenvalue weighted by atomic mass is 19.4. The van der Waals surface area contributed by atoms with Crippen LogP contribution >= 0.6 is 0 Å². The maximum absolute atomic E-state index is 12.6. The van der Waals surface area contributed by atoms with Gasteiger partial charge in [-0.25, -0.2) is 4.79 Å². The molecule has 0 radical (unpaired) electrons. The first-order valence-corrected chi connectivity index (χ1v) is 6.09. The van der Waals surface area contributed by atoms with Crippen molar-refractivity contribution in [2.45, 2.75) is 25.1 Å². The van der Waals surface area contributed by atoms with E-state index in [2.05, 4.69) is 4.98 Å². The number of aromatic nitrogens is 1. The summed E-state index contributed by atoms with van der Waals surface area (Å²) in [6, 6.07) is 1.04. The minimum absolute atomic E-state index is 0.311. The van der Waals surface area contributed by atoms with Crippen LogP contribution in [0.3, 0.4) is 0 Å². The summed E-state index contributed by atoms with van der Waals surface area (Å²) in [5.74, 6) is 0. The molecule has 5 nitrogen and oxygen atoms in total. The number of carbonyl (C=O) groups excluding carboxylic acids is 1. The highest BCUT2D eigenvalue weighted by Gasteiger charge is 2.32. The molecule has 1 aliphatic rings. The first kappa shape index (κ1) is 14.4. The van der Waals surface area contributed by atoms with Gasteiger partial charge in [0, 0.05) is 12.7 Å². The van der Waals surface area contributed by atoms with Crippen molar-refractivity contribution in [3.63, 3.8) is 0 Å². The molecular formula is C12H14F3N3O2. The Kier molecular flexibility index (Phi) is 4.01. The van der Waals surface area contributed by atoms with Crippen LogP contribution < -0.4 is 10.6 Å². The van der Waals surface area contributed by atoms with E-state index in [1.165, 1.54) is 6.20 Å². The molecule has 0 saturated carbocycles. The maximum Gasteiger partial charge on any atom is 0.417 e. The third-order valence-corrected chi connectivity index (χ3v) is 3.08. The Morgan fingerprint density at radius 1 is 1.45 bits per heavy atom. The van der Waals surface area contributed by atoms with Crippen LogP contribution in [0.25, 0.3) is 0 Å². The number of pyridine rings is 1. The van der Waals surface area contributed by atoms with E-state index in [-0.39, 0.29) is 0 Å². The van der Waals surface area contributed by atoms with Gasteiger partial charge in [0.05, 0.1) is 24.0 Å². The molecule has 1 unspecified atom stereocenters. The van der Waals surface area contributed by atoms with Gasteiger partial charge in [-0.05, 0) is 18.9 Å². The number of amides is 1. The van der Waals surface area contributed by atoms with E-state index in [9.17, 15) is 18.0 Å². The smallest absolute Gasteiger partial charge is 0.417 e. The fraction of sp³-hybridized carbons (Fsp3) is 0.500. The summed E-state index contributed by atoms with van der Waals surface area (Å²) in [6.07, 6.45) is -2.22. The number of rotatable bonds is 2. The molecular weight excluding hydrogens is 275 g/mol. The van der Waals surface area contributed by atoms with Gasteiger partial charge >= 0.3 is 12.3 Å². The van der Waals surface area contributed by atoms with E-state index < -0.39 is 23.9 Å². The van der Waals surface area contributed by atoms with Crippen LogP contribution in [0, 0.1) is 0 Å². The second-order valence-corrected chi connectivity index (χ2v) is 4.58. The number of anilines is 1. The van der Waals surface area contributed by atoms with Crippen LogP contribution in [0.5, 0.6) is 0 Å². The van der Waals surface area contributed by atoms with Crippen molar-refractivity contribution in [1.29, 1.82) is 0 Å². The van der Waals surface area contributed by atoms with E-state index in [1.807, 2.05) is 0 Å². The van der Waals surface area contributed by atoms with Gasteiger partial charge in [-0.15, -0.1) is 0 Å². The zero-order chi connectivity index (χ0) is 14.8. The predicted molar refractivity (Wildman–Crippen MR) is 65.1 cm³/mol. The molecule has 8 heteroatoms. The fourth-order valence-corrected chi connectivity index (χ4v) is 2.19. The van der Waals surface area contributed by atoms with E-state index in [4.69, 9.17) is 10.5 Å². The zero-order valence-electron chi connectivity index (χ0n) is 10.6. The van der Waals surface area contributed by atoms with Crippen molar-refractivity contribution >= 4 is 11.8 Å². The van der Waals surface area contributed by atoms with Crippen molar-refractivity contribution in [3.05, 3.63) is 24.0 Å². The molecule has 1 aromatic rings. The molecule has 0 aromatic carbocycles. The molecule has 110 valence electrons. The van der Waals surface area contributed by atoms with Crippen molar-refractivity contribution in [3.8, 4) is 0 Å². The van der Waals surface area contributed by atoms with E-state index in [0.717, 1.165) is 12.3 Å². The number of primary amides is 1. The molecule has 1 saturated heterocycles. The van der Waals surface area contributed by atoms with Crippen LogP contribution in [0.2, 0.25) is 0 Å². The molecule has 1 fully saturated rings. The molecule has 20 heavy (non-hydrogen) atoms. The quantitative estimate of drug-likeness (QED) is 0.906. The van der Waals surface area contributed by atoms with Gasteiger partial charge in [-0.3, -0.25) is 4.98 Å². The molecule has 0 spiro atoms. The van der Waals surface area contributed by atoms with E-state index in [1.54, 1.807) is 4.90 Å². The molecule has 2 N–H and O–H groups in total. The number of alkyl halides is 3. The zero-order valence-corrected chi connectivity index (χ0v) is 10.6. The lowest BCUT2D eigenvalue weighted by Crippen LogP contribution is -2.41. The van der Waals surface area contributed by atoms with Crippen molar-refractivity contribution in [1.82, 2.24) is 4.98 Å². The lowest BCUT2D eigenvalue weighted by Gasteiger charge is -2.33. The van der Waals surface area contributed by atoms with E-state index in [0.29, 0.717) is 31.6 Å². The summed E-state index contributed by atoms with van der Waals surface area (Å²) >= 11 is 0. The van der Waals surface area contributed by atoms with Crippen molar-refractivity contribution in [2.75, 3.05) is 18.0 Å². The van der Waals surface area contributed by atoms with Gasteiger partial charge in [0.1, 0.15) is 6.10 Å². The second kappa shape index (κ2) is 5.56. The number of hydrogen-bond donors (Lipinski definition) is 1. The summed E-state index contributed by atoms with van der Waals surface area (Å²) in [7, 11) is 0. The lowest BCUT2D eigenvalue weighted by molar-refractivity contribution is -0.137. The summed E-state index contributed by atoms with van der Waals surface area (Å²) in [5.41, 5.74) is 4.51.